The Bertz CT molecular complexity index is 200. The molecule has 2 rings (SSSR count). The van der Waals surface area contributed by atoms with Gasteiger partial charge in [0.25, 0.3) is 0 Å². The summed E-state index contributed by atoms with van der Waals surface area (Å²) in [6.45, 7) is 4.10. The van der Waals surface area contributed by atoms with Gasteiger partial charge in [-0.25, -0.2) is 0 Å². The van der Waals surface area contributed by atoms with Crippen LogP contribution in [0.1, 0.15) is 13.8 Å². The highest BCUT2D eigenvalue weighted by Crippen LogP contribution is 2.40. The van der Waals surface area contributed by atoms with E-state index in [0.717, 1.165) is 0 Å². The standard InChI is InChI=1S/C6H8N2S2/c1-3-7-5-6(9-3)10-4(2)8-5/h5-6H,1-2H3. The molecule has 0 N–H and O–H groups in total. The Balaban J connectivity index is 2.21. The fourth-order valence-corrected chi connectivity index (χ4v) is 3.59. The predicted octanol–water partition coefficient (Wildman–Crippen LogP) is 1.97. The minimum Gasteiger partial charge on any atom is -0.254 e. The average Bonchev–Trinajstić information content (AvgIpc) is 2.21. The topological polar surface area (TPSA) is 24.7 Å². The maximum absolute atomic E-state index is 4.37. The van der Waals surface area contributed by atoms with Gasteiger partial charge in [-0.3, -0.25) is 9.98 Å². The largest absolute Gasteiger partial charge is 0.254 e. The normalized spacial score (nSPS) is 37.4. The molecule has 0 saturated heterocycles. The molecule has 0 radical (unpaired) electrons. The zero-order valence-electron chi connectivity index (χ0n) is 5.87. The third kappa shape index (κ3) is 0.992. The second kappa shape index (κ2) is 2.27. The fraction of sp³-hybridized carbons (Fsp3) is 0.667. The highest BCUT2D eigenvalue weighted by atomic mass is 32.2. The molecule has 0 aliphatic carbocycles. The first-order valence-corrected chi connectivity index (χ1v) is 4.94. The van der Waals surface area contributed by atoms with E-state index in [1.165, 1.54) is 10.1 Å². The fourth-order valence-electron chi connectivity index (χ4n) is 1.07. The highest BCUT2D eigenvalue weighted by Gasteiger charge is 2.33. The van der Waals surface area contributed by atoms with Gasteiger partial charge in [0, 0.05) is 0 Å². The highest BCUT2D eigenvalue weighted by molar-refractivity contribution is 8.30. The Hall–Kier alpha value is 0.0400. The summed E-state index contributed by atoms with van der Waals surface area (Å²) in [5, 5.41) is 2.36. The summed E-state index contributed by atoms with van der Waals surface area (Å²) in [5.41, 5.74) is 0. The van der Waals surface area contributed by atoms with E-state index >= 15 is 0 Å². The zero-order valence-corrected chi connectivity index (χ0v) is 7.50. The number of thioether (sulfide) groups is 2. The molecule has 0 spiro atoms. The summed E-state index contributed by atoms with van der Waals surface area (Å²) in [4.78, 5) is 8.74. The van der Waals surface area contributed by atoms with E-state index in [1.807, 2.05) is 23.5 Å². The van der Waals surface area contributed by atoms with Crippen molar-refractivity contribution < 1.29 is 0 Å². The van der Waals surface area contributed by atoms with Gasteiger partial charge in [0.05, 0.1) is 10.1 Å². The van der Waals surface area contributed by atoms with Gasteiger partial charge in [-0.15, -0.1) is 0 Å². The molecule has 0 aromatic rings. The van der Waals surface area contributed by atoms with Crippen LogP contribution in [-0.4, -0.2) is 20.8 Å². The molecule has 0 unspecified atom stereocenters. The van der Waals surface area contributed by atoms with E-state index in [0.29, 0.717) is 4.58 Å². The van der Waals surface area contributed by atoms with Gasteiger partial charge in [-0.1, -0.05) is 23.5 Å². The van der Waals surface area contributed by atoms with Crippen LogP contribution in [0.2, 0.25) is 0 Å². The Morgan fingerprint density at radius 1 is 1.10 bits per heavy atom. The van der Waals surface area contributed by atoms with Gasteiger partial charge in [-0.05, 0) is 13.8 Å². The van der Waals surface area contributed by atoms with Crippen molar-refractivity contribution in [2.45, 2.75) is 24.6 Å². The Labute approximate surface area is 68.6 Å². The molecule has 0 saturated carbocycles. The van der Waals surface area contributed by atoms with Crippen molar-refractivity contribution in [2.24, 2.45) is 9.98 Å². The first-order valence-electron chi connectivity index (χ1n) is 3.18. The molecule has 2 aliphatic heterocycles. The maximum Gasteiger partial charge on any atom is 0.163 e. The first kappa shape index (κ1) is 6.73. The number of hydrogen-bond acceptors (Lipinski definition) is 4. The van der Waals surface area contributed by atoms with Gasteiger partial charge in [-0.2, -0.15) is 0 Å². The summed E-state index contributed by atoms with van der Waals surface area (Å²) in [6, 6.07) is 0. The lowest BCUT2D eigenvalue weighted by molar-refractivity contribution is 0.808. The molecule has 0 aromatic heterocycles. The molecule has 0 atom stereocenters. The van der Waals surface area contributed by atoms with Crippen LogP contribution in [-0.2, 0) is 0 Å². The van der Waals surface area contributed by atoms with Crippen LogP contribution in [0.5, 0.6) is 0 Å². The van der Waals surface area contributed by atoms with Gasteiger partial charge in [0.2, 0.25) is 0 Å². The van der Waals surface area contributed by atoms with E-state index in [4.69, 9.17) is 0 Å². The zero-order chi connectivity index (χ0) is 7.14. The molecule has 2 nitrogen and oxygen atoms in total. The Morgan fingerprint density at radius 2 is 1.60 bits per heavy atom. The minimum absolute atomic E-state index is 0.231. The Morgan fingerprint density at radius 3 is 2.00 bits per heavy atom. The molecule has 0 aromatic carbocycles. The monoisotopic (exact) mass is 172 g/mol. The number of fused-ring (bicyclic) bond motifs is 1. The molecule has 4 heteroatoms. The predicted molar refractivity (Wildman–Crippen MR) is 49.0 cm³/mol. The van der Waals surface area contributed by atoms with E-state index in [-0.39, 0.29) is 6.17 Å². The summed E-state index contributed by atoms with van der Waals surface area (Å²) >= 11 is 3.68. The van der Waals surface area contributed by atoms with E-state index in [9.17, 15) is 0 Å². The quantitative estimate of drug-likeness (QED) is 0.558. The van der Waals surface area contributed by atoms with Crippen LogP contribution in [0.4, 0.5) is 0 Å². The van der Waals surface area contributed by atoms with Gasteiger partial charge >= 0.3 is 0 Å². The number of nitrogens with zero attached hydrogens (tertiary/aromatic N) is 2. The molecule has 2 heterocycles. The van der Waals surface area contributed by atoms with Crippen LogP contribution in [0.25, 0.3) is 0 Å². The van der Waals surface area contributed by atoms with Crippen LogP contribution < -0.4 is 0 Å². The smallest absolute Gasteiger partial charge is 0.163 e. The van der Waals surface area contributed by atoms with Crippen molar-refractivity contribution in [3.05, 3.63) is 0 Å². The van der Waals surface area contributed by atoms with Gasteiger partial charge in [0.1, 0.15) is 4.58 Å². The summed E-state index contributed by atoms with van der Waals surface area (Å²) < 4.78 is 0.556. The molecule has 0 fully saturated rings. The first-order chi connectivity index (χ1) is 4.75. The third-order valence-corrected chi connectivity index (χ3v) is 3.87. The van der Waals surface area contributed by atoms with Gasteiger partial charge in [0.15, 0.2) is 6.17 Å². The molecular formula is C6H8N2S2. The number of aliphatic imine (C=N–C) groups is 2. The van der Waals surface area contributed by atoms with Crippen molar-refractivity contribution in [1.82, 2.24) is 0 Å². The molecular weight excluding hydrogens is 164 g/mol. The van der Waals surface area contributed by atoms with E-state index in [1.54, 1.807) is 0 Å². The van der Waals surface area contributed by atoms with Crippen molar-refractivity contribution >= 4 is 33.6 Å². The summed E-state index contributed by atoms with van der Waals surface area (Å²) in [6.07, 6.45) is 0.231. The van der Waals surface area contributed by atoms with Crippen LogP contribution >= 0.6 is 23.5 Å². The lowest BCUT2D eigenvalue weighted by Gasteiger charge is -2.00. The maximum atomic E-state index is 4.37. The Kier molecular flexibility index (Phi) is 1.53. The summed E-state index contributed by atoms with van der Waals surface area (Å²) in [5.74, 6) is 0. The SMILES string of the molecule is CC1=NC2N=C(C)SC2S1. The summed E-state index contributed by atoms with van der Waals surface area (Å²) in [7, 11) is 0. The minimum atomic E-state index is 0.231. The second-order valence-electron chi connectivity index (χ2n) is 2.31. The molecule has 0 bridgehead atoms. The third-order valence-electron chi connectivity index (χ3n) is 1.45. The second-order valence-corrected chi connectivity index (χ2v) is 5.28. The van der Waals surface area contributed by atoms with Crippen LogP contribution in [0.3, 0.4) is 0 Å². The molecule has 10 heavy (non-hydrogen) atoms. The number of rotatable bonds is 0. The van der Waals surface area contributed by atoms with Gasteiger partial charge < -0.3 is 0 Å². The average molecular weight is 172 g/mol. The molecule has 0 amide bonds. The van der Waals surface area contributed by atoms with Crippen molar-refractivity contribution in [3.8, 4) is 0 Å². The van der Waals surface area contributed by atoms with Crippen LogP contribution in [0.15, 0.2) is 9.98 Å². The lowest BCUT2D eigenvalue weighted by atomic mass is 10.6. The van der Waals surface area contributed by atoms with Crippen molar-refractivity contribution in [1.29, 1.82) is 0 Å². The van der Waals surface area contributed by atoms with Crippen molar-refractivity contribution in [3.63, 3.8) is 0 Å². The lowest BCUT2D eigenvalue weighted by Crippen LogP contribution is -2.03. The van der Waals surface area contributed by atoms with E-state index < -0.39 is 0 Å². The van der Waals surface area contributed by atoms with Crippen molar-refractivity contribution in [2.75, 3.05) is 0 Å². The van der Waals surface area contributed by atoms with Crippen LogP contribution in [0, 0.1) is 0 Å². The molecule has 2 aliphatic rings. The molecule has 54 valence electrons. The van der Waals surface area contributed by atoms with E-state index in [2.05, 4.69) is 23.8 Å². The number of hydrogen-bond donors (Lipinski definition) is 0.